The fourth-order valence-corrected chi connectivity index (χ4v) is 7.04. The second-order valence-corrected chi connectivity index (χ2v) is 9.59. The molecule has 0 aromatic heterocycles. The molecule has 1 fully saturated rings. The van der Waals surface area contributed by atoms with E-state index in [0.29, 0.717) is 0 Å². The number of hydrogen-bond donors (Lipinski definition) is 0. The van der Waals surface area contributed by atoms with E-state index < -0.39 is 0 Å². The lowest BCUT2D eigenvalue weighted by Gasteiger charge is -1.55. The zero-order valence-electron chi connectivity index (χ0n) is 3.09. The Labute approximate surface area is 51.4 Å². The quantitative estimate of drug-likeness (QED) is 0.492. The summed E-state index contributed by atoms with van der Waals surface area (Å²) in [6.45, 7) is 0. The first-order valence-corrected chi connectivity index (χ1v) is 7.16. The maximum atomic E-state index is 4.99. The van der Waals surface area contributed by atoms with Gasteiger partial charge in [0, 0.05) is 0 Å². The van der Waals surface area contributed by atoms with E-state index >= 15 is 0 Å². The van der Waals surface area contributed by atoms with Crippen LogP contribution in [0.15, 0.2) is 0 Å². The Morgan fingerprint density at radius 3 is 2.00 bits per heavy atom. The molecule has 0 aromatic carbocycles. The fourth-order valence-electron chi connectivity index (χ4n) is 0.261. The van der Waals surface area contributed by atoms with Crippen LogP contribution < -0.4 is 0 Å². The summed E-state index contributed by atoms with van der Waals surface area (Å²) in [5.41, 5.74) is 0. The van der Waals surface area contributed by atoms with Gasteiger partial charge in [-0.1, -0.05) is 0 Å². The highest BCUT2D eigenvalue weighted by Crippen LogP contribution is 2.56. The van der Waals surface area contributed by atoms with Crippen molar-refractivity contribution in [3.63, 3.8) is 0 Å². The van der Waals surface area contributed by atoms with Gasteiger partial charge in [-0.15, -0.1) is 0 Å². The predicted octanol–water partition coefficient (Wildman–Crippen LogP) is 2.24. The van der Waals surface area contributed by atoms with Crippen LogP contribution in [0.2, 0.25) is 0 Å². The van der Waals surface area contributed by atoms with Crippen LogP contribution in [0, 0.1) is 0 Å². The molecule has 1 rings (SSSR count). The fraction of sp³-hybridized carbons (Fsp3) is 1.00. The molecule has 34 valence electrons. The molecule has 0 atom stereocenters. The highest BCUT2D eigenvalue weighted by atomic mass is 33.2. The molecule has 0 aliphatic carbocycles. The lowest BCUT2D eigenvalue weighted by atomic mass is 11.0. The average Bonchev–Trinajstić information content (AvgIpc) is 1.86. The third-order valence-electron chi connectivity index (χ3n) is 0.477. The van der Waals surface area contributed by atoms with E-state index in [1.807, 2.05) is 22.8 Å². The second kappa shape index (κ2) is 2.51. The molecule has 1 aliphatic heterocycles. The van der Waals surface area contributed by atoms with Gasteiger partial charge in [-0.25, -0.2) is 0 Å². The summed E-state index contributed by atoms with van der Waals surface area (Å²) < 4.78 is 0. The van der Waals surface area contributed by atoms with Crippen LogP contribution in [0.1, 0.15) is 0 Å². The minimum Gasteiger partial charge on any atom is 0.0533 e. The number of rotatable bonds is 0. The first-order valence-electron chi connectivity index (χ1n) is 1.63. The Kier molecular flexibility index (Phi) is 2.24. The molecule has 6 heavy (non-hydrogen) atoms. The average molecular weight is 155 g/mol. The van der Waals surface area contributed by atoms with E-state index in [9.17, 15) is 0 Å². The predicted molar refractivity (Wildman–Crippen MR) is 39.2 cm³/mol. The summed E-state index contributed by atoms with van der Waals surface area (Å²) in [4.78, 5) is 0. The highest BCUT2D eigenvalue weighted by molar-refractivity contribution is 8.95. The largest absolute Gasteiger partial charge is 0.317 e. The summed E-state index contributed by atoms with van der Waals surface area (Å²) in [5, 5.41) is -0.0484. The Morgan fingerprint density at radius 2 is 1.83 bits per heavy atom. The Hall–Kier alpha value is 1.22. The van der Waals surface area contributed by atoms with E-state index in [2.05, 4.69) is 0 Å². The number of hydrogen-bond acceptors (Lipinski definition) is 3. The molecule has 1 saturated heterocycles. The molecule has 0 bridgehead atoms. The maximum absolute atomic E-state index is 4.99. The van der Waals surface area contributed by atoms with Crippen molar-refractivity contribution in [3.8, 4) is 0 Å². The van der Waals surface area contributed by atoms with Crippen molar-refractivity contribution in [2.45, 2.75) is 0 Å². The molecule has 0 unspecified atom stereocenters. The van der Waals surface area contributed by atoms with Crippen LogP contribution >= 0.6 is 27.9 Å². The lowest BCUT2D eigenvalue weighted by Crippen LogP contribution is -1.64. The van der Waals surface area contributed by atoms with Gasteiger partial charge in [-0.05, 0) is 0 Å². The van der Waals surface area contributed by atoms with E-state index in [-0.39, 0.29) is 5.10 Å². The van der Waals surface area contributed by atoms with Crippen molar-refractivity contribution in [3.05, 3.63) is 0 Å². The Bertz CT molecular complexity index is 63.2. The van der Waals surface area contributed by atoms with Gasteiger partial charge in [-0.2, -0.15) is 0 Å². The van der Waals surface area contributed by atoms with Crippen LogP contribution in [0.5, 0.6) is 0 Å². The van der Waals surface area contributed by atoms with Crippen molar-refractivity contribution in [1.82, 2.24) is 0 Å². The minimum atomic E-state index is -0.0484. The van der Waals surface area contributed by atoms with Gasteiger partial charge in [0.2, 0.25) is 0 Å². The molecule has 1 aliphatic rings. The maximum Gasteiger partial charge on any atom is 0.317 e. The van der Waals surface area contributed by atoms with Gasteiger partial charge in [0.15, 0.2) is 11.8 Å². The lowest BCUT2D eigenvalue weighted by molar-refractivity contribution is 1.59. The first kappa shape index (κ1) is 5.36. The molecule has 0 amide bonds. The van der Waals surface area contributed by atoms with E-state index in [0.717, 1.165) is 0 Å². The SMILES string of the molecule is S=[P+]1SCCS1. The summed E-state index contributed by atoms with van der Waals surface area (Å²) in [5.74, 6) is 2.58. The van der Waals surface area contributed by atoms with Crippen LogP contribution in [0.3, 0.4) is 0 Å². The highest BCUT2D eigenvalue weighted by Gasteiger charge is 2.20. The van der Waals surface area contributed by atoms with Gasteiger partial charge < -0.3 is 0 Å². The Morgan fingerprint density at radius 1 is 1.33 bits per heavy atom. The van der Waals surface area contributed by atoms with Crippen molar-refractivity contribution in [2.24, 2.45) is 0 Å². The molecule has 0 radical (unpaired) electrons. The molecule has 1 heterocycles. The van der Waals surface area contributed by atoms with E-state index in [4.69, 9.17) is 11.8 Å². The van der Waals surface area contributed by atoms with Gasteiger partial charge in [0.1, 0.15) is 22.8 Å². The second-order valence-electron chi connectivity index (χ2n) is 0.890. The summed E-state index contributed by atoms with van der Waals surface area (Å²) in [6.07, 6.45) is 0. The minimum absolute atomic E-state index is 0.0484. The third-order valence-corrected chi connectivity index (χ3v) is 8.09. The topological polar surface area (TPSA) is 0 Å². The van der Waals surface area contributed by atoms with Crippen LogP contribution in [-0.2, 0) is 11.8 Å². The normalized spacial score (nSPS) is 22.3. The van der Waals surface area contributed by atoms with Crippen LogP contribution in [0.4, 0.5) is 0 Å². The van der Waals surface area contributed by atoms with Gasteiger partial charge in [0.25, 0.3) is 0 Å². The smallest absolute Gasteiger partial charge is 0.0533 e. The molecule has 0 nitrogen and oxygen atoms in total. The van der Waals surface area contributed by atoms with Crippen molar-refractivity contribution in [1.29, 1.82) is 0 Å². The van der Waals surface area contributed by atoms with Gasteiger partial charge in [-0.3, -0.25) is 0 Å². The zero-order valence-corrected chi connectivity index (χ0v) is 6.43. The molecule has 0 saturated carbocycles. The van der Waals surface area contributed by atoms with E-state index in [1.54, 1.807) is 0 Å². The van der Waals surface area contributed by atoms with Gasteiger partial charge in [0.05, 0.1) is 11.5 Å². The van der Waals surface area contributed by atoms with Crippen molar-refractivity contribution < 1.29 is 0 Å². The standard InChI is InChI=1S/C2H4PS3/c4-3-5-1-2-6-3/h1-2H2/q+1. The summed E-state index contributed by atoms with van der Waals surface area (Å²) in [6, 6.07) is 0. The molecule has 0 spiro atoms. The van der Waals surface area contributed by atoms with Crippen LogP contribution in [-0.4, -0.2) is 11.5 Å². The van der Waals surface area contributed by atoms with Crippen molar-refractivity contribution in [2.75, 3.05) is 11.5 Å². The summed E-state index contributed by atoms with van der Waals surface area (Å²) >= 11 is 8.87. The van der Waals surface area contributed by atoms with Crippen LogP contribution in [0.25, 0.3) is 0 Å². The molecular weight excluding hydrogens is 151 g/mol. The molecule has 4 heteroatoms. The zero-order chi connectivity index (χ0) is 4.41. The molecule has 0 aromatic rings. The Balaban J connectivity index is 2.37. The summed E-state index contributed by atoms with van der Waals surface area (Å²) in [7, 11) is 0. The van der Waals surface area contributed by atoms with Gasteiger partial charge >= 0.3 is 5.10 Å². The molecule has 0 N–H and O–H groups in total. The first-order chi connectivity index (χ1) is 2.89. The van der Waals surface area contributed by atoms with Crippen molar-refractivity contribution >= 4 is 39.7 Å². The monoisotopic (exact) mass is 155 g/mol. The third kappa shape index (κ3) is 1.38. The molecular formula is C2H4PS3+. The van der Waals surface area contributed by atoms with E-state index in [1.165, 1.54) is 11.5 Å².